The van der Waals surface area contributed by atoms with E-state index in [2.05, 4.69) is 15.3 Å². The summed E-state index contributed by atoms with van der Waals surface area (Å²) in [6.07, 6.45) is 4.66. The Bertz CT molecular complexity index is 405. The van der Waals surface area contributed by atoms with E-state index >= 15 is 0 Å². The summed E-state index contributed by atoms with van der Waals surface area (Å²) in [6, 6.07) is 0. The van der Waals surface area contributed by atoms with E-state index in [0.717, 1.165) is 18.5 Å². The predicted octanol–water partition coefficient (Wildman–Crippen LogP) is 1.18. The van der Waals surface area contributed by atoms with Crippen molar-refractivity contribution in [2.24, 2.45) is 5.92 Å². The van der Waals surface area contributed by atoms with Gasteiger partial charge in [-0.15, -0.1) is 0 Å². The summed E-state index contributed by atoms with van der Waals surface area (Å²) in [5.74, 6) is 1.02. The first-order chi connectivity index (χ1) is 7.66. The maximum atomic E-state index is 10.7. The predicted molar refractivity (Wildman–Crippen MR) is 58.9 cm³/mol. The standard InChI is InChI=1S/C9H13N5O2/c10-9-12-5-7(14(15)16)8(13-9)11-4-3-6-1-2-6/h5-6H,1-4H2,(H3,10,11,12,13). The van der Waals surface area contributed by atoms with Crippen molar-refractivity contribution in [2.45, 2.75) is 19.3 Å². The third-order valence-corrected chi connectivity index (χ3v) is 2.53. The molecule has 1 fully saturated rings. The molecule has 86 valence electrons. The van der Waals surface area contributed by atoms with Crippen LogP contribution in [0.25, 0.3) is 0 Å². The van der Waals surface area contributed by atoms with E-state index in [9.17, 15) is 10.1 Å². The minimum Gasteiger partial charge on any atom is -0.368 e. The number of nitro groups is 1. The molecule has 0 amide bonds. The van der Waals surface area contributed by atoms with Crippen molar-refractivity contribution in [3.63, 3.8) is 0 Å². The summed E-state index contributed by atoms with van der Waals surface area (Å²) in [4.78, 5) is 17.6. The van der Waals surface area contributed by atoms with E-state index in [4.69, 9.17) is 5.73 Å². The average Bonchev–Trinajstić information content (AvgIpc) is 3.01. The van der Waals surface area contributed by atoms with E-state index in [-0.39, 0.29) is 17.5 Å². The van der Waals surface area contributed by atoms with E-state index < -0.39 is 4.92 Å². The Labute approximate surface area is 92.2 Å². The molecule has 7 heteroatoms. The van der Waals surface area contributed by atoms with Gasteiger partial charge in [-0.05, 0) is 12.3 Å². The zero-order chi connectivity index (χ0) is 11.5. The number of rotatable bonds is 5. The van der Waals surface area contributed by atoms with Gasteiger partial charge in [-0.2, -0.15) is 4.98 Å². The Morgan fingerprint density at radius 1 is 1.62 bits per heavy atom. The van der Waals surface area contributed by atoms with Gasteiger partial charge in [0.2, 0.25) is 11.8 Å². The van der Waals surface area contributed by atoms with E-state index in [1.54, 1.807) is 0 Å². The van der Waals surface area contributed by atoms with Crippen molar-refractivity contribution < 1.29 is 4.92 Å². The van der Waals surface area contributed by atoms with Gasteiger partial charge in [0, 0.05) is 6.54 Å². The lowest BCUT2D eigenvalue weighted by Gasteiger charge is -2.05. The van der Waals surface area contributed by atoms with Crippen LogP contribution in [0.3, 0.4) is 0 Å². The maximum absolute atomic E-state index is 10.7. The number of nitrogens with two attached hydrogens (primary N) is 1. The van der Waals surface area contributed by atoms with Gasteiger partial charge in [0.05, 0.1) is 4.92 Å². The summed E-state index contributed by atoms with van der Waals surface area (Å²) in [5, 5.41) is 13.6. The summed E-state index contributed by atoms with van der Waals surface area (Å²) in [5.41, 5.74) is 5.25. The zero-order valence-corrected chi connectivity index (χ0v) is 8.72. The molecule has 1 aliphatic carbocycles. The van der Waals surface area contributed by atoms with Crippen LogP contribution in [0, 0.1) is 16.0 Å². The number of anilines is 2. The monoisotopic (exact) mass is 223 g/mol. The van der Waals surface area contributed by atoms with Gasteiger partial charge >= 0.3 is 5.69 Å². The molecule has 16 heavy (non-hydrogen) atoms. The maximum Gasteiger partial charge on any atom is 0.329 e. The Morgan fingerprint density at radius 2 is 2.38 bits per heavy atom. The van der Waals surface area contributed by atoms with Crippen LogP contribution < -0.4 is 11.1 Å². The van der Waals surface area contributed by atoms with Gasteiger partial charge in [0.25, 0.3) is 0 Å². The molecule has 1 saturated carbocycles. The normalized spacial score (nSPS) is 14.8. The summed E-state index contributed by atoms with van der Waals surface area (Å²) < 4.78 is 0. The van der Waals surface area contributed by atoms with Crippen molar-refractivity contribution >= 4 is 17.5 Å². The molecule has 0 atom stereocenters. The van der Waals surface area contributed by atoms with Gasteiger partial charge in [-0.25, -0.2) is 4.98 Å². The average molecular weight is 223 g/mol. The number of hydrogen-bond donors (Lipinski definition) is 2. The number of aromatic nitrogens is 2. The van der Waals surface area contributed by atoms with Crippen LogP contribution in [0.15, 0.2) is 6.20 Å². The van der Waals surface area contributed by atoms with E-state index in [1.165, 1.54) is 12.8 Å². The fourth-order valence-corrected chi connectivity index (χ4v) is 1.45. The first-order valence-corrected chi connectivity index (χ1v) is 5.17. The number of nitrogen functional groups attached to an aromatic ring is 1. The lowest BCUT2D eigenvalue weighted by molar-refractivity contribution is -0.384. The summed E-state index contributed by atoms with van der Waals surface area (Å²) in [7, 11) is 0. The summed E-state index contributed by atoms with van der Waals surface area (Å²) >= 11 is 0. The smallest absolute Gasteiger partial charge is 0.329 e. The van der Waals surface area contributed by atoms with Crippen molar-refractivity contribution in [2.75, 3.05) is 17.6 Å². The molecule has 0 unspecified atom stereocenters. The molecule has 0 spiro atoms. The van der Waals surface area contributed by atoms with Crippen molar-refractivity contribution in [1.29, 1.82) is 0 Å². The fourth-order valence-electron chi connectivity index (χ4n) is 1.45. The fraction of sp³-hybridized carbons (Fsp3) is 0.556. The number of nitrogens with one attached hydrogen (secondary N) is 1. The van der Waals surface area contributed by atoms with Crippen LogP contribution in [0.2, 0.25) is 0 Å². The summed E-state index contributed by atoms with van der Waals surface area (Å²) in [6.45, 7) is 0.682. The molecule has 1 aromatic heterocycles. The lowest BCUT2D eigenvalue weighted by Crippen LogP contribution is -2.09. The minimum atomic E-state index is -0.515. The first kappa shape index (κ1) is 10.6. The molecule has 0 aromatic carbocycles. The van der Waals surface area contributed by atoms with Gasteiger partial charge in [0.1, 0.15) is 6.20 Å². The van der Waals surface area contributed by atoms with Gasteiger partial charge < -0.3 is 11.1 Å². The van der Waals surface area contributed by atoms with Gasteiger partial charge in [-0.3, -0.25) is 10.1 Å². The zero-order valence-electron chi connectivity index (χ0n) is 8.72. The van der Waals surface area contributed by atoms with Crippen LogP contribution in [0.1, 0.15) is 19.3 Å². The van der Waals surface area contributed by atoms with E-state index in [1.807, 2.05) is 0 Å². The largest absolute Gasteiger partial charge is 0.368 e. The third kappa shape index (κ3) is 2.56. The van der Waals surface area contributed by atoms with Crippen LogP contribution in [0.5, 0.6) is 0 Å². The van der Waals surface area contributed by atoms with Gasteiger partial charge in [-0.1, -0.05) is 12.8 Å². The highest BCUT2D eigenvalue weighted by Crippen LogP contribution is 2.32. The van der Waals surface area contributed by atoms with Crippen LogP contribution in [-0.2, 0) is 0 Å². The molecule has 2 rings (SSSR count). The molecule has 7 nitrogen and oxygen atoms in total. The van der Waals surface area contributed by atoms with Gasteiger partial charge in [0.15, 0.2) is 0 Å². The highest BCUT2D eigenvalue weighted by atomic mass is 16.6. The highest BCUT2D eigenvalue weighted by molar-refractivity contribution is 5.56. The molecular weight excluding hydrogens is 210 g/mol. The Kier molecular flexibility index (Phi) is 2.84. The molecule has 0 saturated heterocycles. The second kappa shape index (κ2) is 4.30. The topological polar surface area (TPSA) is 107 Å². The van der Waals surface area contributed by atoms with Crippen LogP contribution >= 0.6 is 0 Å². The second-order valence-corrected chi connectivity index (χ2v) is 3.88. The SMILES string of the molecule is Nc1ncc([N+](=O)[O-])c(NCCC2CC2)n1. The molecule has 0 aliphatic heterocycles. The second-order valence-electron chi connectivity index (χ2n) is 3.88. The van der Waals surface area contributed by atoms with E-state index in [0.29, 0.717) is 6.54 Å². The molecule has 1 aliphatic rings. The third-order valence-electron chi connectivity index (χ3n) is 2.53. The minimum absolute atomic E-state index is 0.0412. The van der Waals surface area contributed by atoms with Crippen molar-refractivity contribution in [3.05, 3.63) is 16.3 Å². The lowest BCUT2D eigenvalue weighted by atomic mass is 10.3. The van der Waals surface area contributed by atoms with Crippen molar-refractivity contribution in [1.82, 2.24) is 9.97 Å². The number of hydrogen-bond acceptors (Lipinski definition) is 6. The molecule has 3 N–H and O–H groups in total. The quantitative estimate of drug-likeness (QED) is 0.573. The molecule has 1 aromatic rings. The Balaban J connectivity index is 2.03. The number of nitrogens with zero attached hydrogens (tertiary/aromatic N) is 3. The molecule has 0 radical (unpaired) electrons. The van der Waals surface area contributed by atoms with Crippen LogP contribution in [0.4, 0.5) is 17.5 Å². The molecule has 0 bridgehead atoms. The highest BCUT2D eigenvalue weighted by Gasteiger charge is 2.21. The Hall–Kier alpha value is -1.92. The first-order valence-electron chi connectivity index (χ1n) is 5.17. The molecule has 1 heterocycles. The molecular formula is C9H13N5O2. The Morgan fingerprint density at radius 3 is 3.00 bits per heavy atom. The van der Waals surface area contributed by atoms with Crippen LogP contribution in [-0.4, -0.2) is 21.4 Å². The van der Waals surface area contributed by atoms with Crippen molar-refractivity contribution in [3.8, 4) is 0 Å².